The van der Waals surface area contributed by atoms with E-state index >= 15 is 0 Å². The van der Waals surface area contributed by atoms with Crippen LogP contribution in [-0.2, 0) is 22.4 Å². The van der Waals surface area contributed by atoms with Crippen LogP contribution in [0.5, 0.6) is 0 Å². The Morgan fingerprint density at radius 2 is 1.62 bits per heavy atom. The van der Waals surface area contributed by atoms with Crippen LogP contribution in [0.25, 0.3) is 0 Å². The van der Waals surface area contributed by atoms with Crippen molar-refractivity contribution in [2.75, 3.05) is 7.11 Å². The number of primary amides is 1. The molecule has 1 aromatic heterocycles. The lowest BCUT2D eigenvalue weighted by atomic mass is 10.1. The highest BCUT2D eigenvalue weighted by molar-refractivity contribution is 5.82. The lowest BCUT2D eigenvalue weighted by Crippen LogP contribution is -2.45. The maximum Gasteiger partial charge on any atom is 0.328 e. The minimum Gasteiger partial charge on any atom is -0.467 e. The van der Waals surface area contributed by atoms with Crippen molar-refractivity contribution in [3.05, 3.63) is 94.2 Å². The molecule has 0 aliphatic carbocycles. The first-order chi connectivity index (χ1) is 14.0. The summed E-state index contributed by atoms with van der Waals surface area (Å²) < 4.78 is 4.58. The van der Waals surface area contributed by atoms with Crippen LogP contribution in [0.2, 0.25) is 0 Å². The molecule has 0 saturated carbocycles. The van der Waals surface area contributed by atoms with Crippen molar-refractivity contribution in [1.29, 1.82) is 0 Å². The fourth-order valence-corrected chi connectivity index (χ4v) is 2.64. The Morgan fingerprint density at radius 3 is 2.10 bits per heavy atom. The highest BCUT2D eigenvalue weighted by atomic mass is 16.5. The average Bonchev–Trinajstić information content (AvgIpc) is 3.13. The van der Waals surface area contributed by atoms with Crippen LogP contribution < -0.4 is 16.7 Å². The number of urea groups is 1. The zero-order valence-corrected chi connectivity index (χ0v) is 16.1. The molecular weight excluding hydrogens is 372 g/mol. The quantitative estimate of drug-likeness (QED) is 0.473. The number of esters is 1. The van der Waals surface area contributed by atoms with Gasteiger partial charge in [-0.3, -0.25) is 0 Å². The van der Waals surface area contributed by atoms with E-state index in [1.54, 1.807) is 6.20 Å². The lowest BCUT2D eigenvalue weighted by molar-refractivity contribution is -0.142. The first kappa shape index (κ1) is 21.5. The van der Waals surface area contributed by atoms with Gasteiger partial charge in [-0.15, -0.1) is 0 Å². The number of aromatic nitrogens is 2. The van der Waals surface area contributed by atoms with Gasteiger partial charge in [-0.25, -0.2) is 14.4 Å². The number of amides is 2. The minimum absolute atomic E-state index is 0.147. The summed E-state index contributed by atoms with van der Waals surface area (Å²) in [6.07, 6.45) is 2.82. The number of aromatic amines is 2. The summed E-state index contributed by atoms with van der Waals surface area (Å²) in [6, 6.07) is 17.8. The Labute approximate surface area is 168 Å². The van der Waals surface area contributed by atoms with E-state index in [4.69, 9.17) is 5.73 Å². The smallest absolute Gasteiger partial charge is 0.328 e. The van der Waals surface area contributed by atoms with Crippen LogP contribution in [-0.4, -0.2) is 35.1 Å². The van der Waals surface area contributed by atoms with Crippen molar-refractivity contribution in [2.45, 2.75) is 18.9 Å². The minimum atomic E-state index is -0.745. The second-order valence-corrected chi connectivity index (χ2v) is 6.20. The SMILES string of the molecule is COC(=O)C(Cc1ccccc1)NC(N)=O.O=c1[nH]cc(Cc2ccccc2)[nH]1. The third-order valence-electron chi connectivity index (χ3n) is 3.97. The van der Waals surface area contributed by atoms with Gasteiger partial charge in [0.1, 0.15) is 6.04 Å². The van der Waals surface area contributed by atoms with E-state index in [0.29, 0.717) is 6.42 Å². The first-order valence-corrected chi connectivity index (χ1v) is 8.96. The Hall–Kier alpha value is -3.81. The number of nitrogens with two attached hydrogens (primary N) is 1. The fraction of sp³-hybridized carbons (Fsp3) is 0.190. The fourth-order valence-electron chi connectivity index (χ4n) is 2.64. The molecule has 1 heterocycles. The molecule has 3 rings (SSSR count). The van der Waals surface area contributed by atoms with Gasteiger partial charge >= 0.3 is 17.7 Å². The molecule has 0 aliphatic rings. The average molecular weight is 396 g/mol. The summed E-state index contributed by atoms with van der Waals surface area (Å²) in [5.41, 5.74) is 7.86. The number of ether oxygens (including phenoxy) is 1. The van der Waals surface area contributed by atoms with Crippen molar-refractivity contribution >= 4 is 12.0 Å². The van der Waals surface area contributed by atoms with Crippen molar-refractivity contribution in [1.82, 2.24) is 15.3 Å². The number of hydrogen-bond acceptors (Lipinski definition) is 4. The zero-order valence-electron chi connectivity index (χ0n) is 16.1. The number of nitrogens with one attached hydrogen (secondary N) is 3. The van der Waals surface area contributed by atoms with Gasteiger partial charge < -0.3 is 25.8 Å². The molecule has 2 amide bonds. The van der Waals surface area contributed by atoms with Gasteiger partial charge in [-0.2, -0.15) is 0 Å². The largest absolute Gasteiger partial charge is 0.467 e. The molecule has 0 spiro atoms. The van der Waals surface area contributed by atoms with Crippen LogP contribution in [0, 0.1) is 0 Å². The summed E-state index contributed by atoms with van der Waals surface area (Å²) in [5, 5.41) is 2.34. The highest BCUT2D eigenvalue weighted by Crippen LogP contribution is 2.05. The van der Waals surface area contributed by atoms with Crippen LogP contribution in [0.1, 0.15) is 16.8 Å². The summed E-state index contributed by atoms with van der Waals surface area (Å²) in [6.45, 7) is 0. The van der Waals surface area contributed by atoms with E-state index in [-0.39, 0.29) is 5.69 Å². The molecule has 8 heteroatoms. The molecule has 5 N–H and O–H groups in total. The van der Waals surface area contributed by atoms with Crippen LogP contribution >= 0.6 is 0 Å². The number of rotatable bonds is 6. The number of hydrogen-bond donors (Lipinski definition) is 4. The second-order valence-electron chi connectivity index (χ2n) is 6.20. The van der Waals surface area contributed by atoms with Crippen molar-refractivity contribution in [2.24, 2.45) is 5.73 Å². The van der Waals surface area contributed by atoms with Gasteiger partial charge in [0, 0.05) is 24.7 Å². The number of imidazole rings is 1. The molecule has 29 heavy (non-hydrogen) atoms. The van der Waals surface area contributed by atoms with Crippen LogP contribution in [0.3, 0.4) is 0 Å². The number of carbonyl (C=O) groups is 2. The number of H-pyrrole nitrogens is 2. The monoisotopic (exact) mass is 396 g/mol. The molecule has 2 aromatic carbocycles. The maximum atomic E-state index is 11.4. The predicted octanol–water partition coefficient (Wildman–Crippen LogP) is 1.73. The van der Waals surface area contributed by atoms with E-state index in [2.05, 4.69) is 20.0 Å². The molecular formula is C21H24N4O4. The van der Waals surface area contributed by atoms with Crippen molar-refractivity contribution in [3.63, 3.8) is 0 Å². The predicted molar refractivity (Wildman–Crippen MR) is 109 cm³/mol. The zero-order chi connectivity index (χ0) is 21.1. The maximum absolute atomic E-state index is 11.4. The van der Waals surface area contributed by atoms with Gasteiger partial charge in [-0.05, 0) is 11.1 Å². The van der Waals surface area contributed by atoms with Gasteiger partial charge in [0.05, 0.1) is 7.11 Å². The van der Waals surface area contributed by atoms with Gasteiger partial charge in [0.25, 0.3) is 0 Å². The molecule has 152 valence electrons. The Bertz CT molecular complexity index is 951. The molecule has 0 radical (unpaired) electrons. The van der Waals surface area contributed by atoms with Crippen LogP contribution in [0.4, 0.5) is 4.79 Å². The third kappa shape index (κ3) is 7.76. The highest BCUT2D eigenvalue weighted by Gasteiger charge is 2.20. The van der Waals surface area contributed by atoms with Gasteiger partial charge in [0.2, 0.25) is 0 Å². The first-order valence-electron chi connectivity index (χ1n) is 8.96. The van der Waals surface area contributed by atoms with Crippen molar-refractivity contribution < 1.29 is 14.3 Å². The summed E-state index contributed by atoms with van der Waals surface area (Å²) in [5.74, 6) is -0.511. The Kier molecular flexibility index (Phi) is 8.25. The number of carbonyl (C=O) groups excluding carboxylic acids is 2. The van der Waals surface area contributed by atoms with E-state index in [1.807, 2.05) is 60.7 Å². The molecule has 0 bridgehead atoms. The second kappa shape index (κ2) is 11.1. The van der Waals surface area contributed by atoms with Gasteiger partial charge in [-0.1, -0.05) is 60.7 Å². The standard InChI is InChI=1S/C11H14N2O3.C10H10N2O/c1-16-10(14)9(13-11(12)15)7-8-5-3-2-4-6-8;13-10-11-7-9(12-10)6-8-4-2-1-3-5-8/h2-6,9H,7H2,1H3,(H3,12,13,15);1-5,7H,6H2,(H2,11,12,13). The molecule has 3 aromatic rings. The molecule has 1 atom stereocenters. The summed E-state index contributed by atoms with van der Waals surface area (Å²) in [4.78, 5) is 38.1. The van der Waals surface area contributed by atoms with E-state index < -0.39 is 18.0 Å². The molecule has 0 saturated heterocycles. The summed E-state index contributed by atoms with van der Waals surface area (Å²) >= 11 is 0. The Morgan fingerprint density at radius 1 is 1.03 bits per heavy atom. The van der Waals surface area contributed by atoms with E-state index in [0.717, 1.165) is 17.7 Å². The lowest BCUT2D eigenvalue weighted by Gasteiger charge is -2.14. The number of benzene rings is 2. The van der Waals surface area contributed by atoms with E-state index in [9.17, 15) is 14.4 Å². The normalized spacial score (nSPS) is 10.9. The van der Waals surface area contributed by atoms with Crippen molar-refractivity contribution in [3.8, 4) is 0 Å². The van der Waals surface area contributed by atoms with Crippen LogP contribution in [0.15, 0.2) is 71.7 Å². The summed E-state index contributed by atoms with van der Waals surface area (Å²) in [7, 11) is 1.27. The topological polar surface area (TPSA) is 130 Å². The molecule has 0 aliphatic heterocycles. The van der Waals surface area contributed by atoms with Gasteiger partial charge in [0.15, 0.2) is 0 Å². The van der Waals surface area contributed by atoms with E-state index in [1.165, 1.54) is 12.7 Å². The number of methoxy groups -OCH3 is 1. The molecule has 0 fully saturated rings. The Balaban J connectivity index is 0.000000211. The molecule has 8 nitrogen and oxygen atoms in total. The third-order valence-corrected chi connectivity index (χ3v) is 3.97. The molecule has 1 unspecified atom stereocenters.